The smallest absolute Gasteiger partial charge is 0.261 e. The molecule has 0 unspecified atom stereocenters. The fraction of sp³-hybridized carbons (Fsp3) is 0.182. The summed E-state index contributed by atoms with van der Waals surface area (Å²) in [4.78, 5) is 13.7. The second-order valence-electron chi connectivity index (χ2n) is 7.60. The fourth-order valence-corrected chi connectivity index (χ4v) is 5.01. The van der Waals surface area contributed by atoms with Crippen LogP contribution in [-0.2, 0) is 21.2 Å². The van der Waals surface area contributed by atoms with Crippen molar-refractivity contribution in [1.82, 2.24) is 19.8 Å². The predicted octanol–water partition coefficient (Wildman–Crippen LogP) is 2.89. The highest BCUT2D eigenvalue weighted by atomic mass is 32.2. The minimum atomic E-state index is -3.81. The second kappa shape index (κ2) is 7.72. The predicted molar refractivity (Wildman–Crippen MR) is 120 cm³/mol. The Balaban J connectivity index is 1.44. The second-order valence-corrected chi connectivity index (χ2v) is 9.29. The van der Waals surface area contributed by atoms with Crippen LogP contribution in [0.25, 0.3) is 16.9 Å². The summed E-state index contributed by atoms with van der Waals surface area (Å²) in [6.45, 7) is 2.17. The van der Waals surface area contributed by atoms with E-state index in [0.717, 1.165) is 29.7 Å². The molecule has 0 saturated heterocycles. The number of hydrogen-bond donors (Lipinski definition) is 1. The molecule has 0 atom stereocenters. The average molecular weight is 449 g/mol. The van der Waals surface area contributed by atoms with Crippen LogP contribution in [0.5, 0.6) is 0 Å². The number of aryl methyl sites for hydroxylation is 1. The maximum Gasteiger partial charge on any atom is 0.261 e. The Bertz CT molecular complexity index is 1450. The summed E-state index contributed by atoms with van der Waals surface area (Å²) in [5.74, 6) is -0.0465. The standard InChI is InChI=1S/C22H20N6O3S/c1-15(29)27-11-3-5-17-13-19(7-9-21(17)27)32(30,31)26-18-6-2-4-16(12-18)20-8-10-22-24-23-14-28(22)25-20/h2,4,6-10,12-14,26H,3,5,11H2,1H3. The lowest BCUT2D eigenvalue weighted by Crippen LogP contribution is -2.33. The third kappa shape index (κ3) is 3.69. The monoisotopic (exact) mass is 448 g/mol. The zero-order chi connectivity index (χ0) is 22.3. The van der Waals surface area contributed by atoms with Crippen LogP contribution in [0.15, 0.2) is 65.8 Å². The van der Waals surface area contributed by atoms with Crippen molar-refractivity contribution >= 4 is 33.0 Å². The van der Waals surface area contributed by atoms with E-state index in [1.54, 1.807) is 45.8 Å². The van der Waals surface area contributed by atoms with Crippen LogP contribution in [0.4, 0.5) is 11.4 Å². The van der Waals surface area contributed by atoms with E-state index in [4.69, 9.17) is 0 Å². The van der Waals surface area contributed by atoms with E-state index in [9.17, 15) is 13.2 Å². The average Bonchev–Trinajstić information content (AvgIpc) is 3.26. The molecule has 3 heterocycles. The lowest BCUT2D eigenvalue weighted by molar-refractivity contribution is -0.116. The summed E-state index contributed by atoms with van der Waals surface area (Å²) in [6, 6.07) is 15.5. The van der Waals surface area contributed by atoms with Crippen LogP contribution >= 0.6 is 0 Å². The SMILES string of the molecule is CC(=O)N1CCCc2cc(S(=O)(=O)Nc3cccc(-c4ccc5nncn5n4)c3)ccc21. The van der Waals surface area contributed by atoms with Gasteiger partial charge in [-0.15, -0.1) is 10.2 Å². The molecule has 32 heavy (non-hydrogen) atoms. The molecule has 9 nitrogen and oxygen atoms in total. The van der Waals surface area contributed by atoms with E-state index in [2.05, 4.69) is 20.0 Å². The van der Waals surface area contributed by atoms with Gasteiger partial charge in [-0.2, -0.15) is 9.61 Å². The van der Waals surface area contributed by atoms with Crippen LogP contribution < -0.4 is 9.62 Å². The molecule has 1 aliphatic heterocycles. The van der Waals surface area contributed by atoms with E-state index >= 15 is 0 Å². The van der Waals surface area contributed by atoms with Gasteiger partial charge in [0.25, 0.3) is 10.0 Å². The largest absolute Gasteiger partial charge is 0.312 e. The minimum absolute atomic E-state index is 0.0465. The van der Waals surface area contributed by atoms with Gasteiger partial charge < -0.3 is 4.90 Å². The van der Waals surface area contributed by atoms with Gasteiger partial charge in [-0.05, 0) is 60.9 Å². The first-order valence-electron chi connectivity index (χ1n) is 10.1. The molecule has 1 aliphatic rings. The molecule has 4 aromatic rings. The van der Waals surface area contributed by atoms with Crippen molar-refractivity contribution in [2.75, 3.05) is 16.2 Å². The fourth-order valence-electron chi connectivity index (χ4n) is 3.91. The lowest BCUT2D eigenvalue weighted by Gasteiger charge is -2.28. The molecular weight excluding hydrogens is 428 g/mol. The molecule has 0 saturated carbocycles. The van der Waals surface area contributed by atoms with Crippen molar-refractivity contribution in [3.63, 3.8) is 0 Å². The number of aromatic nitrogens is 4. The molecule has 1 amide bonds. The summed E-state index contributed by atoms with van der Waals surface area (Å²) in [5, 5.41) is 12.2. The molecule has 0 spiro atoms. The summed E-state index contributed by atoms with van der Waals surface area (Å²) < 4.78 is 30.3. The van der Waals surface area contributed by atoms with Crippen LogP contribution in [0.1, 0.15) is 18.9 Å². The molecule has 2 aromatic heterocycles. The van der Waals surface area contributed by atoms with Gasteiger partial charge in [0.15, 0.2) is 5.65 Å². The van der Waals surface area contributed by atoms with Crippen molar-refractivity contribution in [1.29, 1.82) is 0 Å². The number of anilines is 2. The third-order valence-corrected chi connectivity index (χ3v) is 6.81. The van der Waals surface area contributed by atoms with E-state index in [-0.39, 0.29) is 10.8 Å². The molecule has 162 valence electrons. The number of nitrogens with zero attached hydrogens (tertiary/aromatic N) is 5. The van der Waals surface area contributed by atoms with Crippen molar-refractivity contribution in [2.45, 2.75) is 24.7 Å². The summed E-state index contributed by atoms with van der Waals surface area (Å²) in [5.41, 5.74) is 4.10. The first-order chi connectivity index (χ1) is 15.4. The summed E-state index contributed by atoms with van der Waals surface area (Å²) in [6.07, 6.45) is 3.04. The Hall–Kier alpha value is -3.79. The topological polar surface area (TPSA) is 110 Å². The summed E-state index contributed by atoms with van der Waals surface area (Å²) in [7, 11) is -3.81. The van der Waals surface area contributed by atoms with E-state index in [1.807, 2.05) is 12.1 Å². The van der Waals surface area contributed by atoms with Gasteiger partial charge in [-0.25, -0.2) is 8.42 Å². The van der Waals surface area contributed by atoms with E-state index in [0.29, 0.717) is 23.6 Å². The van der Waals surface area contributed by atoms with Crippen molar-refractivity contribution in [3.05, 3.63) is 66.5 Å². The Labute approximate surface area is 184 Å². The van der Waals surface area contributed by atoms with Gasteiger partial charge in [0.05, 0.1) is 10.6 Å². The van der Waals surface area contributed by atoms with Crippen molar-refractivity contribution < 1.29 is 13.2 Å². The normalized spacial score (nSPS) is 13.7. The van der Waals surface area contributed by atoms with Gasteiger partial charge in [-0.3, -0.25) is 9.52 Å². The Morgan fingerprint density at radius 3 is 2.81 bits per heavy atom. The quantitative estimate of drug-likeness (QED) is 0.514. The van der Waals surface area contributed by atoms with Gasteiger partial charge in [0.2, 0.25) is 5.91 Å². The lowest BCUT2D eigenvalue weighted by atomic mass is 10.0. The van der Waals surface area contributed by atoms with E-state index in [1.165, 1.54) is 19.3 Å². The number of rotatable bonds is 4. The number of sulfonamides is 1. The van der Waals surface area contributed by atoms with Crippen molar-refractivity contribution in [3.8, 4) is 11.3 Å². The summed E-state index contributed by atoms with van der Waals surface area (Å²) >= 11 is 0. The Morgan fingerprint density at radius 2 is 1.97 bits per heavy atom. The van der Waals surface area contributed by atoms with E-state index < -0.39 is 10.0 Å². The number of amides is 1. The number of benzene rings is 2. The molecule has 10 heteroatoms. The first kappa shape index (κ1) is 20.1. The number of nitrogens with one attached hydrogen (secondary N) is 1. The van der Waals surface area contributed by atoms with Crippen molar-refractivity contribution in [2.24, 2.45) is 0 Å². The zero-order valence-corrected chi connectivity index (χ0v) is 18.1. The highest BCUT2D eigenvalue weighted by Crippen LogP contribution is 2.30. The third-order valence-electron chi connectivity index (χ3n) is 5.43. The Kier molecular flexibility index (Phi) is 4.86. The molecule has 0 fully saturated rings. The molecular formula is C22H20N6O3S. The number of carbonyl (C=O) groups is 1. The molecule has 5 rings (SSSR count). The molecule has 0 bridgehead atoms. The first-order valence-corrected chi connectivity index (χ1v) is 11.6. The van der Waals surface area contributed by atoms with Gasteiger partial charge in [0.1, 0.15) is 6.33 Å². The maximum absolute atomic E-state index is 13.1. The van der Waals surface area contributed by atoms with Crippen LogP contribution in [-0.4, -0.2) is 40.7 Å². The van der Waals surface area contributed by atoms with Crippen LogP contribution in [0.3, 0.4) is 0 Å². The molecule has 0 aliphatic carbocycles. The zero-order valence-electron chi connectivity index (χ0n) is 17.3. The number of fused-ring (bicyclic) bond motifs is 2. The van der Waals surface area contributed by atoms with Gasteiger partial charge >= 0.3 is 0 Å². The maximum atomic E-state index is 13.1. The molecule has 0 radical (unpaired) electrons. The van der Waals surface area contributed by atoms with Crippen LogP contribution in [0, 0.1) is 0 Å². The number of hydrogen-bond acceptors (Lipinski definition) is 6. The number of carbonyl (C=O) groups excluding carboxylic acids is 1. The highest BCUT2D eigenvalue weighted by Gasteiger charge is 2.23. The molecule has 1 N–H and O–H groups in total. The minimum Gasteiger partial charge on any atom is -0.312 e. The van der Waals surface area contributed by atoms with Gasteiger partial charge in [0, 0.05) is 30.4 Å². The van der Waals surface area contributed by atoms with Gasteiger partial charge in [-0.1, -0.05) is 12.1 Å². The molecule has 2 aromatic carbocycles. The van der Waals surface area contributed by atoms with Crippen LogP contribution in [0.2, 0.25) is 0 Å². The Morgan fingerprint density at radius 1 is 1.09 bits per heavy atom. The highest BCUT2D eigenvalue weighted by molar-refractivity contribution is 7.92.